The lowest BCUT2D eigenvalue weighted by molar-refractivity contribution is 0.523. The molecule has 3 heterocycles. The normalized spacial score (nSPS) is 18.6. The van der Waals surface area contributed by atoms with Crippen LogP contribution < -0.4 is 4.90 Å². The molecule has 2 aromatic heterocycles. The Kier molecular flexibility index (Phi) is 4.96. The molecule has 2 aliphatic rings. The maximum Gasteiger partial charge on any atom is 0.153 e. The summed E-state index contributed by atoms with van der Waals surface area (Å²) in [6.45, 7) is 10.3. The Morgan fingerprint density at radius 2 is 1.96 bits per heavy atom. The first-order valence-electron chi connectivity index (χ1n) is 10.1. The standard InChI is InChI=1S/C24H27N3.ClH/c1-4-14-26-17(3)16(2)20-11-13-25-24(23(20)26)27-15-12-18-7-5-6-8-21(18)22(27)19-9-10-19;/h4-8,11,13,19,22H,1,9-10,12,14-15H2,2-3H3;1H. The molecule has 1 aliphatic heterocycles. The van der Waals surface area contributed by atoms with Crippen LogP contribution in [0, 0.1) is 19.8 Å². The van der Waals surface area contributed by atoms with Gasteiger partial charge in [0.1, 0.15) is 0 Å². The van der Waals surface area contributed by atoms with Crippen LogP contribution in [0.25, 0.3) is 10.9 Å². The van der Waals surface area contributed by atoms with E-state index < -0.39 is 0 Å². The highest BCUT2D eigenvalue weighted by Crippen LogP contribution is 2.49. The minimum atomic E-state index is 0. The molecule has 1 unspecified atom stereocenters. The van der Waals surface area contributed by atoms with E-state index in [2.05, 4.69) is 60.2 Å². The first kappa shape index (κ1) is 19.1. The smallest absolute Gasteiger partial charge is 0.153 e. The lowest BCUT2D eigenvalue weighted by Crippen LogP contribution is -2.37. The summed E-state index contributed by atoms with van der Waals surface area (Å²) in [6, 6.07) is 11.7. The Bertz CT molecular complexity index is 1030. The summed E-state index contributed by atoms with van der Waals surface area (Å²) >= 11 is 0. The van der Waals surface area contributed by atoms with Crippen molar-refractivity contribution >= 4 is 29.1 Å². The van der Waals surface area contributed by atoms with Gasteiger partial charge in [-0.3, -0.25) is 0 Å². The lowest BCUT2D eigenvalue weighted by Gasteiger charge is -2.39. The molecule has 0 spiro atoms. The topological polar surface area (TPSA) is 21.1 Å². The van der Waals surface area contributed by atoms with Gasteiger partial charge in [0.05, 0.1) is 11.6 Å². The van der Waals surface area contributed by atoms with Crippen molar-refractivity contribution in [1.29, 1.82) is 0 Å². The molecular weight excluding hydrogens is 366 g/mol. The Labute approximate surface area is 173 Å². The molecule has 1 atom stereocenters. The highest BCUT2D eigenvalue weighted by atomic mass is 35.5. The number of nitrogens with zero attached hydrogens (tertiary/aromatic N) is 3. The van der Waals surface area contributed by atoms with Crippen LogP contribution in [-0.2, 0) is 13.0 Å². The monoisotopic (exact) mass is 393 g/mol. The largest absolute Gasteiger partial charge is 0.347 e. The molecule has 3 nitrogen and oxygen atoms in total. The zero-order chi connectivity index (χ0) is 18.5. The molecule has 0 amide bonds. The number of aryl methyl sites for hydroxylation is 1. The van der Waals surface area contributed by atoms with E-state index in [0.717, 1.165) is 31.2 Å². The number of anilines is 1. The van der Waals surface area contributed by atoms with Crippen molar-refractivity contribution in [2.45, 2.75) is 45.7 Å². The summed E-state index contributed by atoms with van der Waals surface area (Å²) in [5.41, 5.74) is 6.99. The van der Waals surface area contributed by atoms with E-state index >= 15 is 0 Å². The van der Waals surface area contributed by atoms with Crippen LogP contribution >= 0.6 is 12.4 Å². The summed E-state index contributed by atoms with van der Waals surface area (Å²) in [4.78, 5) is 7.53. The van der Waals surface area contributed by atoms with Crippen molar-refractivity contribution < 1.29 is 0 Å². The minimum absolute atomic E-state index is 0. The SMILES string of the molecule is C=CCn1c(C)c(C)c2ccnc(N3CCc4ccccc4C3C3CC3)c21.Cl. The molecule has 5 rings (SSSR count). The van der Waals surface area contributed by atoms with E-state index in [9.17, 15) is 0 Å². The van der Waals surface area contributed by atoms with Crippen molar-refractivity contribution in [3.8, 4) is 0 Å². The minimum Gasteiger partial charge on any atom is -0.347 e. The van der Waals surface area contributed by atoms with Crippen molar-refractivity contribution in [2.75, 3.05) is 11.4 Å². The van der Waals surface area contributed by atoms with E-state index in [1.54, 1.807) is 0 Å². The van der Waals surface area contributed by atoms with Crippen molar-refractivity contribution in [3.63, 3.8) is 0 Å². The highest BCUT2D eigenvalue weighted by Gasteiger charge is 2.40. The van der Waals surface area contributed by atoms with Crippen LogP contribution in [-0.4, -0.2) is 16.1 Å². The van der Waals surface area contributed by atoms with Crippen molar-refractivity contribution in [2.24, 2.45) is 5.92 Å². The van der Waals surface area contributed by atoms with Gasteiger partial charge in [-0.05, 0) is 61.8 Å². The number of hydrogen-bond acceptors (Lipinski definition) is 2. The van der Waals surface area contributed by atoms with E-state index in [4.69, 9.17) is 4.98 Å². The molecule has 4 heteroatoms. The predicted molar refractivity (Wildman–Crippen MR) is 120 cm³/mol. The lowest BCUT2D eigenvalue weighted by atomic mass is 9.89. The number of fused-ring (bicyclic) bond motifs is 2. The van der Waals surface area contributed by atoms with Crippen LogP contribution in [0.1, 0.15) is 41.3 Å². The van der Waals surface area contributed by atoms with Gasteiger partial charge in [-0.25, -0.2) is 4.98 Å². The van der Waals surface area contributed by atoms with Crippen LogP contribution in [0.3, 0.4) is 0 Å². The number of hydrogen-bond donors (Lipinski definition) is 0. The van der Waals surface area contributed by atoms with Gasteiger partial charge in [-0.2, -0.15) is 0 Å². The van der Waals surface area contributed by atoms with Crippen LogP contribution in [0.4, 0.5) is 5.82 Å². The molecule has 1 aromatic carbocycles. The third-order valence-electron chi connectivity index (χ3n) is 6.51. The number of rotatable bonds is 4. The van der Waals surface area contributed by atoms with Crippen LogP contribution in [0.2, 0.25) is 0 Å². The first-order valence-corrected chi connectivity index (χ1v) is 10.1. The van der Waals surface area contributed by atoms with Gasteiger partial charge in [-0.15, -0.1) is 19.0 Å². The maximum absolute atomic E-state index is 4.93. The molecule has 146 valence electrons. The van der Waals surface area contributed by atoms with Gasteiger partial charge in [0, 0.05) is 30.4 Å². The van der Waals surface area contributed by atoms with E-state index in [0.29, 0.717) is 6.04 Å². The van der Waals surface area contributed by atoms with E-state index in [-0.39, 0.29) is 12.4 Å². The third kappa shape index (κ3) is 2.84. The van der Waals surface area contributed by atoms with Crippen LogP contribution in [0.15, 0.2) is 49.2 Å². The number of aromatic nitrogens is 2. The van der Waals surface area contributed by atoms with Crippen LogP contribution in [0.5, 0.6) is 0 Å². The molecule has 1 aliphatic carbocycles. The van der Waals surface area contributed by atoms with Gasteiger partial charge in [-0.1, -0.05) is 30.3 Å². The number of benzene rings is 1. The number of pyridine rings is 1. The second-order valence-electron chi connectivity index (χ2n) is 8.06. The average Bonchev–Trinajstić information content (AvgIpc) is 3.51. The maximum atomic E-state index is 4.93. The van der Waals surface area contributed by atoms with E-state index in [1.807, 2.05) is 12.3 Å². The second kappa shape index (κ2) is 7.29. The Hall–Kier alpha value is -2.26. The first-order chi connectivity index (χ1) is 13.2. The highest BCUT2D eigenvalue weighted by molar-refractivity contribution is 5.94. The van der Waals surface area contributed by atoms with Gasteiger partial charge < -0.3 is 9.47 Å². The number of allylic oxidation sites excluding steroid dienone is 1. The fourth-order valence-corrected chi connectivity index (χ4v) is 4.90. The Morgan fingerprint density at radius 1 is 1.18 bits per heavy atom. The molecular formula is C24H28ClN3. The van der Waals surface area contributed by atoms with Gasteiger partial charge in [0.15, 0.2) is 5.82 Å². The zero-order valence-electron chi connectivity index (χ0n) is 16.7. The summed E-state index contributed by atoms with van der Waals surface area (Å²) in [5, 5.41) is 1.33. The second-order valence-corrected chi connectivity index (χ2v) is 8.06. The fourth-order valence-electron chi connectivity index (χ4n) is 4.90. The quantitative estimate of drug-likeness (QED) is 0.524. The molecule has 0 N–H and O–H groups in total. The fraction of sp³-hybridized carbons (Fsp3) is 0.375. The number of halogens is 1. The Balaban J connectivity index is 0.00000192. The average molecular weight is 394 g/mol. The summed E-state index contributed by atoms with van der Waals surface area (Å²) in [5.74, 6) is 1.91. The van der Waals surface area contributed by atoms with Crippen molar-refractivity contribution in [3.05, 3.63) is 71.6 Å². The summed E-state index contributed by atoms with van der Waals surface area (Å²) in [6.07, 6.45) is 7.74. The summed E-state index contributed by atoms with van der Waals surface area (Å²) < 4.78 is 2.39. The zero-order valence-corrected chi connectivity index (χ0v) is 17.5. The van der Waals surface area contributed by atoms with Crippen molar-refractivity contribution in [1.82, 2.24) is 9.55 Å². The Morgan fingerprint density at radius 3 is 2.71 bits per heavy atom. The summed E-state index contributed by atoms with van der Waals surface area (Å²) in [7, 11) is 0. The molecule has 28 heavy (non-hydrogen) atoms. The molecule has 1 saturated carbocycles. The molecule has 0 radical (unpaired) electrons. The van der Waals surface area contributed by atoms with Gasteiger partial charge in [0.25, 0.3) is 0 Å². The molecule has 1 fully saturated rings. The third-order valence-corrected chi connectivity index (χ3v) is 6.51. The molecule has 3 aromatic rings. The molecule has 0 bridgehead atoms. The van der Waals surface area contributed by atoms with Gasteiger partial charge in [0.2, 0.25) is 0 Å². The predicted octanol–water partition coefficient (Wildman–Crippen LogP) is 5.77. The molecule has 0 saturated heterocycles. The van der Waals surface area contributed by atoms with Gasteiger partial charge >= 0.3 is 0 Å². The van der Waals surface area contributed by atoms with E-state index in [1.165, 1.54) is 46.1 Å².